The molecule has 0 aromatic carbocycles. The summed E-state index contributed by atoms with van der Waals surface area (Å²) < 4.78 is 0. The molecule has 2 N–H and O–H groups in total. The topological polar surface area (TPSA) is 61.4 Å². The molecule has 2 aliphatic rings. The Morgan fingerprint density at radius 1 is 1.22 bits per heavy atom. The Morgan fingerprint density at radius 2 is 1.89 bits per heavy atom. The van der Waals surface area contributed by atoms with Crippen LogP contribution in [0.15, 0.2) is 0 Å². The van der Waals surface area contributed by atoms with Crippen LogP contribution in [0, 0.1) is 17.8 Å². The molecule has 0 aromatic heterocycles. The molecule has 2 rings (SSSR count). The number of carbonyl (C=O) groups is 2. The van der Waals surface area contributed by atoms with Gasteiger partial charge in [0.2, 0.25) is 11.8 Å². The normalized spacial score (nSPS) is 29.3. The van der Waals surface area contributed by atoms with Gasteiger partial charge in [0, 0.05) is 32.6 Å². The average molecular weight is 253 g/mol. The number of nitrogens with zero attached hydrogens (tertiary/aromatic N) is 1. The van der Waals surface area contributed by atoms with E-state index in [1.165, 1.54) is 0 Å². The fraction of sp³-hybridized carbons (Fsp3) is 0.846. The first-order chi connectivity index (χ1) is 8.63. The number of amides is 2. The third kappa shape index (κ3) is 2.66. The minimum absolute atomic E-state index is 0.0816. The van der Waals surface area contributed by atoms with Crippen LogP contribution in [0.5, 0.6) is 0 Å². The van der Waals surface area contributed by atoms with Crippen molar-refractivity contribution < 1.29 is 9.59 Å². The van der Waals surface area contributed by atoms with E-state index in [0.29, 0.717) is 5.92 Å². The molecule has 0 radical (unpaired) electrons. The van der Waals surface area contributed by atoms with Crippen molar-refractivity contribution in [2.24, 2.45) is 17.8 Å². The molecule has 102 valence electrons. The van der Waals surface area contributed by atoms with E-state index in [2.05, 4.69) is 17.6 Å². The van der Waals surface area contributed by atoms with Crippen LogP contribution in [-0.2, 0) is 9.59 Å². The minimum Gasteiger partial charge on any atom is -0.359 e. The molecule has 2 saturated heterocycles. The average Bonchev–Trinajstić information content (AvgIpc) is 2.83. The van der Waals surface area contributed by atoms with Crippen molar-refractivity contribution in [2.45, 2.75) is 19.8 Å². The van der Waals surface area contributed by atoms with Crippen molar-refractivity contribution in [3.05, 3.63) is 0 Å². The number of carbonyl (C=O) groups excluding carboxylic acids is 2. The van der Waals surface area contributed by atoms with Crippen LogP contribution in [-0.4, -0.2) is 49.9 Å². The van der Waals surface area contributed by atoms with E-state index in [-0.39, 0.29) is 23.7 Å². The molecule has 2 aliphatic heterocycles. The van der Waals surface area contributed by atoms with Gasteiger partial charge in [0.15, 0.2) is 0 Å². The molecular weight excluding hydrogens is 230 g/mol. The van der Waals surface area contributed by atoms with Crippen LogP contribution in [0.2, 0.25) is 0 Å². The Morgan fingerprint density at radius 3 is 2.39 bits per heavy atom. The molecule has 18 heavy (non-hydrogen) atoms. The van der Waals surface area contributed by atoms with Gasteiger partial charge in [-0.15, -0.1) is 0 Å². The van der Waals surface area contributed by atoms with Crippen molar-refractivity contribution in [1.29, 1.82) is 0 Å². The van der Waals surface area contributed by atoms with Gasteiger partial charge in [-0.05, 0) is 25.3 Å². The second-order valence-corrected chi connectivity index (χ2v) is 5.46. The highest BCUT2D eigenvalue weighted by atomic mass is 16.2. The van der Waals surface area contributed by atoms with Crippen LogP contribution in [0.4, 0.5) is 0 Å². The highest BCUT2D eigenvalue weighted by molar-refractivity contribution is 5.81. The molecule has 5 heteroatoms. The summed E-state index contributed by atoms with van der Waals surface area (Å²) in [6.07, 6.45) is 1.58. The molecule has 0 spiro atoms. The molecular formula is C13H23N3O2. The standard InChI is InChI=1S/C13H23N3O2/c1-9-7-15-8-11(9)13(18)16-5-3-10(4-6-16)12(17)14-2/h9-11,15H,3-8H2,1-2H3,(H,14,17). The van der Waals surface area contributed by atoms with Gasteiger partial charge in [-0.2, -0.15) is 0 Å². The molecule has 0 aromatic rings. The lowest BCUT2D eigenvalue weighted by atomic mass is 9.92. The fourth-order valence-electron chi connectivity index (χ4n) is 2.94. The van der Waals surface area contributed by atoms with E-state index in [9.17, 15) is 9.59 Å². The maximum absolute atomic E-state index is 12.3. The lowest BCUT2D eigenvalue weighted by Crippen LogP contribution is -2.45. The third-order valence-corrected chi connectivity index (χ3v) is 4.26. The van der Waals surface area contributed by atoms with Gasteiger partial charge in [-0.3, -0.25) is 9.59 Å². The number of likely N-dealkylation sites (tertiary alicyclic amines) is 1. The number of piperidine rings is 1. The zero-order valence-corrected chi connectivity index (χ0v) is 11.2. The summed E-state index contributed by atoms with van der Waals surface area (Å²) in [5, 5.41) is 5.96. The number of hydrogen-bond acceptors (Lipinski definition) is 3. The second kappa shape index (κ2) is 5.69. The lowest BCUT2D eigenvalue weighted by molar-refractivity contribution is -0.139. The van der Waals surface area contributed by atoms with Crippen molar-refractivity contribution in [3.8, 4) is 0 Å². The molecule has 2 heterocycles. The summed E-state index contributed by atoms with van der Waals surface area (Å²) in [6.45, 7) is 5.31. The second-order valence-electron chi connectivity index (χ2n) is 5.46. The predicted octanol–water partition coefficient (Wildman–Crippen LogP) is -0.173. The van der Waals surface area contributed by atoms with Crippen molar-refractivity contribution in [3.63, 3.8) is 0 Å². The van der Waals surface area contributed by atoms with Crippen LogP contribution < -0.4 is 10.6 Å². The molecule has 2 unspecified atom stereocenters. The monoisotopic (exact) mass is 253 g/mol. The maximum Gasteiger partial charge on any atom is 0.227 e. The minimum atomic E-state index is 0.0816. The van der Waals surface area contributed by atoms with Gasteiger partial charge in [-0.25, -0.2) is 0 Å². The van der Waals surface area contributed by atoms with Crippen molar-refractivity contribution in [2.75, 3.05) is 33.2 Å². The predicted molar refractivity (Wildman–Crippen MR) is 68.9 cm³/mol. The molecule has 0 aliphatic carbocycles. The number of hydrogen-bond donors (Lipinski definition) is 2. The Hall–Kier alpha value is -1.10. The van der Waals surface area contributed by atoms with Gasteiger partial charge < -0.3 is 15.5 Å². The van der Waals surface area contributed by atoms with E-state index >= 15 is 0 Å². The largest absolute Gasteiger partial charge is 0.359 e. The Labute approximate surface area is 108 Å². The SMILES string of the molecule is CNC(=O)C1CCN(C(=O)C2CNCC2C)CC1. The fourth-order valence-corrected chi connectivity index (χ4v) is 2.94. The van der Waals surface area contributed by atoms with Gasteiger partial charge in [0.1, 0.15) is 0 Å². The van der Waals surface area contributed by atoms with Crippen LogP contribution >= 0.6 is 0 Å². The molecule has 2 fully saturated rings. The van der Waals surface area contributed by atoms with Crippen LogP contribution in [0.1, 0.15) is 19.8 Å². The summed E-state index contributed by atoms with van der Waals surface area (Å²) in [5.74, 6) is 1.01. The number of rotatable bonds is 2. The van der Waals surface area contributed by atoms with E-state index in [0.717, 1.165) is 39.0 Å². The smallest absolute Gasteiger partial charge is 0.227 e. The summed E-state index contributed by atoms with van der Waals surface area (Å²) in [6, 6.07) is 0. The summed E-state index contributed by atoms with van der Waals surface area (Å²) in [7, 11) is 1.67. The quantitative estimate of drug-likeness (QED) is 0.718. The van der Waals surface area contributed by atoms with E-state index in [1.54, 1.807) is 7.05 Å². The Kier molecular flexibility index (Phi) is 4.22. The summed E-state index contributed by atoms with van der Waals surface area (Å²) in [5.41, 5.74) is 0. The van der Waals surface area contributed by atoms with Crippen molar-refractivity contribution >= 4 is 11.8 Å². The van der Waals surface area contributed by atoms with Gasteiger partial charge in [0.25, 0.3) is 0 Å². The molecule has 5 nitrogen and oxygen atoms in total. The maximum atomic E-state index is 12.3. The van der Waals surface area contributed by atoms with E-state index in [4.69, 9.17) is 0 Å². The third-order valence-electron chi connectivity index (χ3n) is 4.26. The lowest BCUT2D eigenvalue weighted by Gasteiger charge is -2.33. The molecule has 0 bridgehead atoms. The Balaban J connectivity index is 1.86. The van der Waals surface area contributed by atoms with Crippen molar-refractivity contribution in [1.82, 2.24) is 15.5 Å². The molecule has 2 amide bonds. The van der Waals surface area contributed by atoms with Crippen LogP contribution in [0.3, 0.4) is 0 Å². The first kappa shape index (κ1) is 13.3. The highest BCUT2D eigenvalue weighted by Crippen LogP contribution is 2.23. The van der Waals surface area contributed by atoms with E-state index in [1.807, 2.05) is 4.90 Å². The van der Waals surface area contributed by atoms with Gasteiger partial charge in [-0.1, -0.05) is 6.92 Å². The summed E-state index contributed by atoms with van der Waals surface area (Å²) in [4.78, 5) is 25.8. The number of nitrogens with one attached hydrogen (secondary N) is 2. The van der Waals surface area contributed by atoms with Crippen LogP contribution in [0.25, 0.3) is 0 Å². The zero-order chi connectivity index (χ0) is 13.1. The first-order valence-corrected chi connectivity index (χ1v) is 6.84. The van der Waals surface area contributed by atoms with Gasteiger partial charge >= 0.3 is 0 Å². The highest BCUT2D eigenvalue weighted by Gasteiger charge is 2.35. The first-order valence-electron chi connectivity index (χ1n) is 6.84. The van der Waals surface area contributed by atoms with E-state index < -0.39 is 0 Å². The summed E-state index contributed by atoms with van der Waals surface area (Å²) >= 11 is 0. The molecule has 2 atom stereocenters. The Bertz CT molecular complexity index is 324. The van der Waals surface area contributed by atoms with Gasteiger partial charge in [0.05, 0.1) is 5.92 Å². The molecule has 0 saturated carbocycles. The zero-order valence-electron chi connectivity index (χ0n) is 11.2.